The molecule has 2 rings (SSSR count). The highest BCUT2D eigenvalue weighted by atomic mass is 16.5. The molecule has 74 valence electrons. The summed E-state index contributed by atoms with van der Waals surface area (Å²) in [5.41, 5.74) is 6.69. The summed E-state index contributed by atoms with van der Waals surface area (Å²) in [5, 5.41) is 0. The van der Waals surface area contributed by atoms with E-state index < -0.39 is 6.85 Å². The van der Waals surface area contributed by atoms with Gasteiger partial charge in [-0.15, -0.1) is 0 Å². The first-order chi connectivity index (χ1) is 7.88. The summed E-state index contributed by atoms with van der Waals surface area (Å²) in [6, 6.07) is 6.81. The van der Waals surface area contributed by atoms with Crippen molar-refractivity contribution >= 4 is 6.02 Å². The van der Waals surface area contributed by atoms with Gasteiger partial charge >= 0.3 is 0 Å². The van der Waals surface area contributed by atoms with Gasteiger partial charge in [0.1, 0.15) is 6.10 Å². The number of hydrogen-bond donors (Lipinski definition) is 1. The van der Waals surface area contributed by atoms with E-state index in [1.165, 1.54) is 0 Å². The molecular weight excluding hydrogens is 176 g/mol. The summed E-state index contributed by atoms with van der Waals surface area (Å²) in [6.07, 6.45) is -0.222. The zero-order valence-corrected chi connectivity index (χ0v) is 7.90. The Hall–Kier alpha value is -1.51. The highest BCUT2D eigenvalue weighted by Crippen LogP contribution is 2.27. The molecule has 3 heteroatoms. The summed E-state index contributed by atoms with van der Waals surface area (Å²) in [4.78, 5) is 4.08. The fourth-order valence-electron chi connectivity index (χ4n) is 1.55. The minimum absolute atomic E-state index is 0.0476. The third kappa shape index (κ3) is 1.58. The van der Waals surface area contributed by atoms with Crippen LogP contribution in [0.2, 0.25) is 0 Å². The lowest BCUT2D eigenvalue weighted by Crippen LogP contribution is -2.14. The van der Waals surface area contributed by atoms with Crippen LogP contribution in [0.4, 0.5) is 0 Å². The standard InChI is InChI=1S/C11H14N2O/c1-7-3-5-9(6-4-7)10-8(2)13-11(12)14-10/h3-6,8,10H,1-2H3,(H2,12,13)/t8-,10+/m1/s1/i1D3. The van der Waals surface area contributed by atoms with Crippen molar-refractivity contribution in [2.24, 2.45) is 10.7 Å². The summed E-state index contributed by atoms with van der Waals surface area (Å²) in [5.74, 6) is 0. The molecule has 3 nitrogen and oxygen atoms in total. The zero-order chi connectivity index (χ0) is 12.6. The highest BCUT2D eigenvalue weighted by Gasteiger charge is 2.27. The average molecular weight is 193 g/mol. The molecule has 1 aromatic carbocycles. The first-order valence-electron chi connectivity index (χ1n) is 5.98. The molecule has 0 radical (unpaired) electrons. The maximum atomic E-state index is 7.28. The van der Waals surface area contributed by atoms with Gasteiger partial charge in [0.05, 0.1) is 6.04 Å². The van der Waals surface area contributed by atoms with Gasteiger partial charge in [-0.1, -0.05) is 29.8 Å². The van der Waals surface area contributed by atoms with Crippen molar-refractivity contribution in [2.45, 2.75) is 25.9 Å². The third-order valence-corrected chi connectivity index (χ3v) is 2.26. The molecule has 1 aromatic rings. The SMILES string of the molecule is [2H]C([2H])([2H])c1ccc([C@H]2OC(N)=N[C@@H]2C)cc1. The van der Waals surface area contributed by atoms with Crippen LogP contribution in [-0.2, 0) is 4.74 Å². The molecule has 0 fully saturated rings. The van der Waals surface area contributed by atoms with E-state index in [4.69, 9.17) is 14.6 Å². The van der Waals surface area contributed by atoms with Gasteiger partial charge in [0, 0.05) is 4.11 Å². The molecule has 0 aliphatic carbocycles. The molecule has 14 heavy (non-hydrogen) atoms. The Morgan fingerprint density at radius 1 is 1.43 bits per heavy atom. The predicted octanol–water partition coefficient (Wildman–Crippen LogP) is 1.77. The number of benzene rings is 1. The fraction of sp³-hybridized carbons (Fsp3) is 0.364. The van der Waals surface area contributed by atoms with E-state index in [2.05, 4.69) is 4.99 Å². The van der Waals surface area contributed by atoms with Crippen molar-refractivity contribution in [2.75, 3.05) is 0 Å². The van der Waals surface area contributed by atoms with Crippen molar-refractivity contribution in [3.63, 3.8) is 0 Å². The molecule has 2 atom stereocenters. The van der Waals surface area contributed by atoms with Crippen LogP contribution >= 0.6 is 0 Å². The van der Waals surface area contributed by atoms with Gasteiger partial charge in [-0.2, -0.15) is 0 Å². The van der Waals surface area contributed by atoms with E-state index in [9.17, 15) is 0 Å². The summed E-state index contributed by atoms with van der Waals surface area (Å²) < 4.78 is 27.2. The lowest BCUT2D eigenvalue weighted by molar-refractivity contribution is 0.199. The van der Waals surface area contributed by atoms with E-state index in [1.54, 1.807) is 24.3 Å². The number of aliphatic imine (C=N–C) groups is 1. The fourth-order valence-corrected chi connectivity index (χ4v) is 1.55. The predicted molar refractivity (Wildman–Crippen MR) is 56.1 cm³/mol. The van der Waals surface area contributed by atoms with Gasteiger partial charge in [-0.3, -0.25) is 0 Å². The molecule has 2 N–H and O–H groups in total. The van der Waals surface area contributed by atoms with Crippen molar-refractivity contribution in [1.29, 1.82) is 0 Å². The number of ether oxygens (including phenoxy) is 1. The van der Waals surface area contributed by atoms with E-state index >= 15 is 0 Å². The van der Waals surface area contributed by atoms with E-state index in [1.807, 2.05) is 6.92 Å². The van der Waals surface area contributed by atoms with Gasteiger partial charge in [0.2, 0.25) is 0 Å². The number of hydrogen-bond acceptors (Lipinski definition) is 3. The van der Waals surface area contributed by atoms with Crippen LogP contribution in [0.15, 0.2) is 29.3 Å². The lowest BCUT2D eigenvalue weighted by atomic mass is 10.0. The molecule has 1 aliphatic heterocycles. The van der Waals surface area contributed by atoms with Crippen LogP contribution in [0.1, 0.15) is 28.3 Å². The van der Waals surface area contributed by atoms with E-state index in [0.29, 0.717) is 5.56 Å². The molecule has 1 heterocycles. The smallest absolute Gasteiger partial charge is 0.283 e. The van der Waals surface area contributed by atoms with Crippen LogP contribution in [-0.4, -0.2) is 12.1 Å². The first kappa shape index (κ1) is 6.06. The first-order valence-corrected chi connectivity index (χ1v) is 4.48. The highest BCUT2D eigenvalue weighted by molar-refractivity contribution is 5.73. The summed E-state index contributed by atoms with van der Waals surface area (Å²) >= 11 is 0. The third-order valence-electron chi connectivity index (χ3n) is 2.26. The normalized spacial score (nSPS) is 29.8. The molecule has 1 aliphatic rings. The van der Waals surface area contributed by atoms with Crippen LogP contribution in [0.5, 0.6) is 0 Å². The number of nitrogens with zero attached hydrogens (tertiary/aromatic N) is 1. The molecule has 0 amide bonds. The number of aryl methyl sites for hydroxylation is 1. The van der Waals surface area contributed by atoms with Gasteiger partial charge in [0.15, 0.2) is 0 Å². The second-order valence-corrected chi connectivity index (χ2v) is 3.37. The monoisotopic (exact) mass is 193 g/mol. The molecule has 0 unspecified atom stereocenters. The Labute approximate surface area is 87.8 Å². The summed E-state index contributed by atoms with van der Waals surface area (Å²) in [7, 11) is 0. The molecule has 0 saturated carbocycles. The number of amidine groups is 1. The largest absolute Gasteiger partial charge is 0.455 e. The molecular formula is C11H14N2O. The quantitative estimate of drug-likeness (QED) is 0.739. The van der Waals surface area contributed by atoms with Crippen molar-refractivity contribution in [3.05, 3.63) is 35.4 Å². The van der Waals surface area contributed by atoms with Crippen molar-refractivity contribution < 1.29 is 8.85 Å². The van der Waals surface area contributed by atoms with Crippen LogP contribution in [0.25, 0.3) is 0 Å². The lowest BCUT2D eigenvalue weighted by Gasteiger charge is -2.14. The van der Waals surface area contributed by atoms with Crippen molar-refractivity contribution in [3.8, 4) is 0 Å². The zero-order valence-electron chi connectivity index (χ0n) is 10.9. The van der Waals surface area contributed by atoms with E-state index in [0.717, 1.165) is 5.56 Å². The van der Waals surface area contributed by atoms with Gasteiger partial charge in [-0.25, -0.2) is 4.99 Å². The Bertz CT molecular complexity index is 439. The van der Waals surface area contributed by atoms with Crippen LogP contribution < -0.4 is 5.73 Å². The topological polar surface area (TPSA) is 47.6 Å². The van der Waals surface area contributed by atoms with E-state index in [-0.39, 0.29) is 18.2 Å². The Morgan fingerprint density at radius 2 is 2.14 bits per heavy atom. The molecule has 0 saturated heterocycles. The molecule has 0 bridgehead atoms. The maximum absolute atomic E-state index is 7.28. The Morgan fingerprint density at radius 3 is 2.64 bits per heavy atom. The van der Waals surface area contributed by atoms with Crippen LogP contribution in [0.3, 0.4) is 0 Å². The summed E-state index contributed by atoms with van der Waals surface area (Å²) in [6.45, 7) is -0.168. The minimum atomic E-state index is -2.07. The second kappa shape index (κ2) is 3.33. The number of rotatable bonds is 1. The van der Waals surface area contributed by atoms with Gasteiger partial charge in [-0.05, 0) is 19.3 Å². The second-order valence-electron chi connectivity index (χ2n) is 3.37. The Kier molecular flexibility index (Phi) is 1.44. The van der Waals surface area contributed by atoms with Crippen LogP contribution in [0, 0.1) is 6.85 Å². The van der Waals surface area contributed by atoms with Gasteiger partial charge < -0.3 is 10.5 Å². The van der Waals surface area contributed by atoms with Gasteiger partial charge in [0.25, 0.3) is 6.02 Å². The van der Waals surface area contributed by atoms with Crippen molar-refractivity contribution in [1.82, 2.24) is 0 Å². The maximum Gasteiger partial charge on any atom is 0.283 e. The number of nitrogens with two attached hydrogens (primary N) is 1. The minimum Gasteiger partial charge on any atom is -0.455 e. The average Bonchev–Trinajstić information content (AvgIpc) is 2.57. The molecule has 0 aromatic heterocycles. The molecule has 0 spiro atoms. The Balaban J connectivity index is 2.20.